The number of amides is 3. The molecule has 3 N–H and O–H groups in total. The maximum atomic E-state index is 12.1. The Morgan fingerprint density at radius 3 is 2.86 bits per heavy atom. The van der Waals surface area contributed by atoms with Crippen molar-refractivity contribution < 1.29 is 14.0 Å². The van der Waals surface area contributed by atoms with Gasteiger partial charge in [0.25, 0.3) is 0 Å². The summed E-state index contributed by atoms with van der Waals surface area (Å²) in [6, 6.07) is 3.08. The van der Waals surface area contributed by atoms with E-state index >= 15 is 0 Å². The molecule has 3 rings (SSSR count). The van der Waals surface area contributed by atoms with Crippen molar-refractivity contribution in [2.45, 2.75) is 31.3 Å². The van der Waals surface area contributed by atoms with E-state index in [9.17, 15) is 9.59 Å². The van der Waals surface area contributed by atoms with Crippen molar-refractivity contribution in [3.05, 3.63) is 24.2 Å². The fourth-order valence-corrected chi connectivity index (χ4v) is 3.05. The summed E-state index contributed by atoms with van der Waals surface area (Å²) >= 11 is 0. The van der Waals surface area contributed by atoms with Gasteiger partial charge < -0.3 is 20.4 Å². The number of urea groups is 1. The number of nitrogens with zero attached hydrogens (tertiary/aromatic N) is 1. The van der Waals surface area contributed by atoms with Crippen LogP contribution in [0.3, 0.4) is 0 Å². The highest BCUT2D eigenvalue weighted by atomic mass is 16.3. The highest BCUT2D eigenvalue weighted by molar-refractivity contribution is 5.90. The van der Waals surface area contributed by atoms with Gasteiger partial charge in [0.15, 0.2) is 0 Å². The van der Waals surface area contributed by atoms with Gasteiger partial charge in [-0.15, -0.1) is 0 Å². The number of nitrogens with one attached hydrogen (secondary N) is 3. The molecule has 3 amide bonds. The largest absolute Gasteiger partial charge is 0.468 e. The molecule has 7 nitrogen and oxygen atoms in total. The Balaban J connectivity index is 1.60. The normalized spacial score (nSPS) is 23.6. The smallest absolute Gasteiger partial charge is 0.315 e. The molecule has 0 bridgehead atoms. The van der Waals surface area contributed by atoms with Crippen molar-refractivity contribution in [3.63, 3.8) is 0 Å². The summed E-state index contributed by atoms with van der Waals surface area (Å²) in [4.78, 5) is 25.6. The zero-order valence-corrected chi connectivity index (χ0v) is 12.5. The van der Waals surface area contributed by atoms with Gasteiger partial charge in [0.05, 0.1) is 12.3 Å². The monoisotopic (exact) mass is 306 g/mol. The first-order valence-corrected chi connectivity index (χ1v) is 7.83. The van der Waals surface area contributed by atoms with E-state index in [4.69, 9.17) is 4.42 Å². The van der Waals surface area contributed by atoms with Crippen molar-refractivity contribution in [3.8, 4) is 0 Å². The maximum absolute atomic E-state index is 12.1. The van der Waals surface area contributed by atoms with Crippen LogP contribution < -0.4 is 16.0 Å². The molecule has 0 unspecified atom stereocenters. The fraction of sp³-hybridized carbons (Fsp3) is 0.600. The molecule has 2 aliphatic heterocycles. The second-order valence-electron chi connectivity index (χ2n) is 5.78. The number of piperidine rings is 1. The van der Waals surface area contributed by atoms with Crippen molar-refractivity contribution in [2.24, 2.45) is 0 Å². The molecule has 7 heteroatoms. The van der Waals surface area contributed by atoms with E-state index in [0.717, 1.165) is 18.8 Å². The van der Waals surface area contributed by atoms with Crippen LogP contribution in [0.4, 0.5) is 4.79 Å². The number of furan rings is 1. The van der Waals surface area contributed by atoms with E-state index in [1.165, 1.54) is 19.3 Å². The zero-order chi connectivity index (χ0) is 15.4. The lowest BCUT2D eigenvalue weighted by atomic mass is 10.1. The zero-order valence-electron chi connectivity index (χ0n) is 12.5. The summed E-state index contributed by atoms with van der Waals surface area (Å²) < 4.78 is 5.55. The van der Waals surface area contributed by atoms with Gasteiger partial charge in [-0.2, -0.15) is 0 Å². The first-order valence-electron chi connectivity index (χ1n) is 7.83. The van der Waals surface area contributed by atoms with Gasteiger partial charge >= 0.3 is 6.03 Å². The average Bonchev–Trinajstić information content (AvgIpc) is 3.20. The highest BCUT2D eigenvalue weighted by Crippen LogP contribution is 2.24. The van der Waals surface area contributed by atoms with E-state index in [2.05, 4.69) is 20.9 Å². The van der Waals surface area contributed by atoms with Crippen molar-refractivity contribution in [1.29, 1.82) is 0 Å². The maximum Gasteiger partial charge on any atom is 0.315 e. The Morgan fingerprint density at radius 2 is 2.23 bits per heavy atom. The Hall–Kier alpha value is -2.02. The Kier molecular flexibility index (Phi) is 4.62. The molecule has 2 fully saturated rings. The quantitative estimate of drug-likeness (QED) is 0.744. The molecule has 0 aromatic carbocycles. The lowest BCUT2D eigenvalue weighted by molar-refractivity contribution is -0.122. The first-order chi connectivity index (χ1) is 10.7. The molecule has 0 saturated carbocycles. The summed E-state index contributed by atoms with van der Waals surface area (Å²) in [7, 11) is 0. The van der Waals surface area contributed by atoms with E-state index in [-0.39, 0.29) is 18.0 Å². The van der Waals surface area contributed by atoms with E-state index in [1.807, 2.05) is 12.1 Å². The fourth-order valence-electron chi connectivity index (χ4n) is 3.05. The lowest BCUT2D eigenvalue weighted by Gasteiger charge is -2.33. The van der Waals surface area contributed by atoms with Crippen LogP contribution in [0.15, 0.2) is 22.8 Å². The Morgan fingerprint density at radius 1 is 1.41 bits per heavy atom. The summed E-state index contributed by atoms with van der Waals surface area (Å²) in [5, 5.41) is 8.12. The Labute approximate surface area is 129 Å². The topological polar surface area (TPSA) is 86.6 Å². The van der Waals surface area contributed by atoms with Gasteiger partial charge in [0.1, 0.15) is 11.8 Å². The van der Waals surface area contributed by atoms with Crippen LogP contribution in [-0.4, -0.2) is 49.1 Å². The van der Waals surface area contributed by atoms with Crippen LogP contribution in [0.1, 0.15) is 31.1 Å². The molecule has 2 atom stereocenters. The summed E-state index contributed by atoms with van der Waals surface area (Å²) in [5.41, 5.74) is 0. The molecule has 3 heterocycles. The van der Waals surface area contributed by atoms with Crippen LogP contribution in [0.2, 0.25) is 0 Å². The summed E-state index contributed by atoms with van der Waals surface area (Å²) in [6.07, 6.45) is 5.27. The van der Waals surface area contributed by atoms with E-state index < -0.39 is 6.04 Å². The van der Waals surface area contributed by atoms with Gasteiger partial charge in [-0.05, 0) is 38.1 Å². The number of rotatable bonds is 5. The minimum absolute atomic E-state index is 0.0457. The van der Waals surface area contributed by atoms with Crippen molar-refractivity contribution in [2.75, 3.05) is 26.2 Å². The van der Waals surface area contributed by atoms with Crippen LogP contribution in [0, 0.1) is 0 Å². The number of hydrogen-bond acceptors (Lipinski definition) is 4. The van der Waals surface area contributed by atoms with Gasteiger partial charge in [-0.1, -0.05) is 6.42 Å². The molecule has 1 aromatic heterocycles. The molecule has 22 heavy (non-hydrogen) atoms. The molecule has 0 spiro atoms. The second-order valence-corrected chi connectivity index (χ2v) is 5.78. The lowest BCUT2D eigenvalue weighted by Crippen LogP contribution is -2.46. The van der Waals surface area contributed by atoms with E-state index in [1.54, 1.807) is 6.26 Å². The third kappa shape index (κ3) is 3.41. The summed E-state index contributed by atoms with van der Waals surface area (Å²) in [6.45, 7) is 2.85. The molecular weight excluding hydrogens is 284 g/mol. The van der Waals surface area contributed by atoms with Crippen LogP contribution in [0.25, 0.3) is 0 Å². The number of carbonyl (C=O) groups is 2. The molecule has 2 aliphatic rings. The number of carbonyl (C=O) groups excluding carboxylic acids is 2. The standard InChI is InChI=1S/C15H22N4O3/c20-14(11-9-17-15(21)18-11)16-10-12(13-5-4-8-22-13)19-6-2-1-3-7-19/h4-5,8,11-12H,1-3,6-7,9-10H2,(H,16,20)(H2,17,18,21)/t11-,12-/m1/s1. The SMILES string of the molecule is O=C1NC[C@H](C(=O)NC[C@H](c2ccco2)N2CCCCC2)N1. The van der Waals surface area contributed by atoms with E-state index in [0.29, 0.717) is 13.1 Å². The second kappa shape index (κ2) is 6.83. The molecule has 0 aliphatic carbocycles. The number of hydrogen-bond donors (Lipinski definition) is 3. The van der Waals surface area contributed by atoms with Gasteiger partial charge in [0, 0.05) is 13.1 Å². The van der Waals surface area contributed by atoms with Crippen LogP contribution in [0.5, 0.6) is 0 Å². The third-order valence-corrected chi connectivity index (χ3v) is 4.26. The van der Waals surface area contributed by atoms with Crippen molar-refractivity contribution >= 4 is 11.9 Å². The van der Waals surface area contributed by atoms with Crippen LogP contribution in [-0.2, 0) is 4.79 Å². The average molecular weight is 306 g/mol. The molecule has 120 valence electrons. The minimum Gasteiger partial charge on any atom is -0.468 e. The highest BCUT2D eigenvalue weighted by Gasteiger charge is 2.29. The van der Waals surface area contributed by atoms with Crippen LogP contribution >= 0.6 is 0 Å². The minimum atomic E-state index is -0.494. The van der Waals surface area contributed by atoms with Gasteiger partial charge in [-0.25, -0.2) is 4.79 Å². The first kappa shape index (κ1) is 14.9. The van der Waals surface area contributed by atoms with Gasteiger partial charge in [-0.3, -0.25) is 9.69 Å². The predicted molar refractivity (Wildman–Crippen MR) is 80.2 cm³/mol. The van der Waals surface area contributed by atoms with Gasteiger partial charge in [0.2, 0.25) is 5.91 Å². The number of likely N-dealkylation sites (tertiary alicyclic amines) is 1. The summed E-state index contributed by atoms with van der Waals surface area (Å²) in [5.74, 6) is 0.711. The Bertz CT molecular complexity index is 511. The molecular formula is C15H22N4O3. The van der Waals surface area contributed by atoms with Crippen molar-refractivity contribution in [1.82, 2.24) is 20.9 Å². The molecule has 2 saturated heterocycles. The third-order valence-electron chi connectivity index (χ3n) is 4.26. The molecule has 1 aromatic rings. The molecule has 0 radical (unpaired) electrons. The predicted octanol–water partition coefficient (Wildman–Crippen LogP) is 0.604.